The van der Waals surface area contributed by atoms with Gasteiger partial charge in [-0.2, -0.15) is 16.2 Å². The second kappa shape index (κ2) is 8.03. The summed E-state index contributed by atoms with van der Waals surface area (Å²) in [5, 5.41) is 11.3. The highest BCUT2D eigenvalue weighted by atomic mass is 32.2. The van der Waals surface area contributed by atoms with Gasteiger partial charge in [0.2, 0.25) is 5.95 Å². The number of nitrogens with one attached hydrogen (secondary N) is 1. The van der Waals surface area contributed by atoms with Crippen molar-refractivity contribution in [1.29, 1.82) is 0 Å². The fraction of sp³-hybridized carbons (Fsp3) is 0.455. The molecular weight excluding hydrogens is 243 g/mol. The van der Waals surface area contributed by atoms with Crippen LogP contribution in [0.15, 0.2) is 18.3 Å². The minimum absolute atomic E-state index is 0.195. The molecule has 0 unspecified atom stereocenters. The Kier molecular flexibility index (Phi) is 6.57. The average Bonchev–Trinajstić information content (AvgIpc) is 2.34. The van der Waals surface area contributed by atoms with Crippen LogP contribution < -0.4 is 5.32 Å². The minimum Gasteiger partial charge on any atom is -0.396 e. The van der Waals surface area contributed by atoms with Crippen LogP contribution in [-0.4, -0.2) is 40.7 Å². The molecular formula is C11H15FN2O2S. The van der Waals surface area contributed by atoms with Gasteiger partial charge in [-0.15, -0.1) is 0 Å². The number of aliphatic hydroxyl groups excluding tert-OH is 1. The van der Waals surface area contributed by atoms with E-state index in [0.29, 0.717) is 12.1 Å². The highest BCUT2D eigenvalue weighted by molar-refractivity contribution is 7.99. The Hall–Kier alpha value is -1.14. The molecule has 17 heavy (non-hydrogen) atoms. The molecule has 6 heteroatoms. The molecule has 0 spiro atoms. The lowest BCUT2D eigenvalue weighted by Crippen LogP contribution is -2.25. The third-order valence-corrected chi connectivity index (χ3v) is 3.04. The summed E-state index contributed by atoms with van der Waals surface area (Å²) in [5.74, 6) is 0.826. The molecule has 1 aromatic heterocycles. The van der Waals surface area contributed by atoms with Crippen LogP contribution >= 0.6 is 11.8 Å². The van der Waals surface area contributed by atoms with E-state index in [1.807, 2.05) is 0 Å². The van der Waals surface area contributed by atoms with Gasteiger partial charge in [0.05, 0.1) is 5.56 Å². The van der Waals surface area contributed by atoms with Crippen LogP contribution in [-0.2, 0) is 0 Å². The van der Waals surface area contributed by atoms with Crippen molar-refractivity contribution in [2.24, 2.45) is 0 Å². The molecule has 0 aliphatic heterocycles. The third-order valence-electron chi connectivity index (χ3n) is 1.97. The average molecular weight is 258 g/mol. The molecule has 1 aromatic rings. The van der Waals surface area contributed by atoms with E-state index in [1.165, 1.54) is 12.3 Å². The number of nitrogens with zero attached hydrogens (tertiary/aromatic N) is 1. The summed E-state index contributed by atoms with van der Waals surface area (Å²) in [5.41, 5.74) is 0.353. The number of pyridine rings is 1. The number of halogens is 1. The van der Waals surface area contributed by atoms with Crippen molar-refractivity contribution in [3.8, 4) is 0 Å². The van der Waals surface area contributed by atoms with Crippen molar-refractivity contribution in [2.45, 2.75) is 6.42 Å². The number of aliphatic hydroxyl groups is 1. The lowest BCUT2D eigenvalue weighted by Gasteiger charge is -2.04. The summed E-state index contributed by atoms with van der Waals surface area (Å²) in [6, 6.07) is 2.56. The van der Waals surface area contributed by atoms with Gasteiger partial charge in [-0.05, 0) is 24.3 Å². The van der Waals surface area contributed by atoms with Gasteiger partial charge in [-0.25, -0.2) is 4.98 Å². The number of carbonyl (C=O) groups excluding carboxylic acids is 1. The van der Waals surface area contributed by atoms with Gasteiger partial charge in [0.1, 0.15) is 0 Å². The fourth-order valence-electron chi connectivity index (χ4n) is 1.12. The first-order chi connectivity index (χ1) is 8.24. The Balaban J connectivity index is 2.19. The molecule has 1 rings (SSSR count). The molecule has 0 aliphatic carbocycles. The first-order valence-electron chi connectivity index (χ1n) is 5.32. The van der Waals surface area contributed by atoms with Gasteiger partial charge in [0.15, 0.2) is 0 Å². The molecule has 0 saturated heterocycles. The maximum Gasteiger partial charge on any atom is 0.252 e. The van der Waals surface area contributed by atoms with Crippen molar-refractivity contribution >= 4 is 17.7 Å². The summed E-state index contributed by atoms with van der Waals surface area (Å²) >= 11 is 1.67. The van der Waals surface area contributed by atoms with E-state index < -0.39 is 5.95 Å². The number of aromatic nitrogens is 1. The van der Waals surface area contributed by atoms with Gasteiger partial charge in [-0.3, -0.25) is 4.79 Å². The zero-order valence-electron chi connectivity index (χ0n) is 9.36. The lowest BCUT2D eigenvalue weighted by atomic mass is 10.3. The molecule has 0 radical (unpaired) electrons. The monoisotopic (exact) mass is 258 g/mol. The van der Waals surface area contributed by atoms with Crippen molar-refractivity contribution in [2.75, 3.05) is 24.7 Å². The normalized spacial score (nSPS) is 10.2. The van der Waals surface area contributed by atoms with Crippen LogP contribution in [0.3, 0.4) is 0 Å². The number of hydrogen-bond donors (Lipinski definition) is 2. The molecule has 0 fully saturated rings. The van der Waals surface area contributed by atoms with Gasteiger partial charge in [-0.1, -0.05) is 0 Å². The van der Waals surface area contributed by atoms with Crippen LogP contribution in [0, 0.1) is 5.95 Å². The molecule has 1 heterocycles. The Morgan fingerprint density at radius 1 is 1.47 bits per heavy atom. The summed E-state index contributed by atoms with van der Waals surface area (Å²) in [6.07, 6.45) is 1.98. The van der Waals surface area contributed by atoms with Crippen molar-refractivity contribution in [3.05, 3.63) is 29.8 Å². The maximum atomic E-state index is 12.5. The summed E-state index contributed by atoms with van der Waals surface area (Å²) in [4.78, 5) is 14.9. The van der Waals surface area contributed by atoms with Crippen LogP contribution in [0.5, 0.6) is 0 Å². The number of thioether (sulfide) groups is 1. The van der Waals surface area contributed by atoms with Crippen molar-refractivity contribution in [3.63, 3.8) is 0 Å². The first kappa shape index (κ1) is 13.9. The standard InChI is InChI=1S/C11H15FN2O2S/c12-10-3-2-9(8-14-10)11(16)13-4-7-17-6-1-5-15/h2-3,8,15H,1,4-7H2,(H,13,16). The Morgan fingerprint density at radius 2 is 2.29 bits per heavy atom. The number of amides is 1. The molecule has 0 atom stereocenters. The number of carbonyl (C=O) groups is 1. The van der Waals surface area contributed by atoms with Gasteiger partial charge >= 0.3 is 0 Å². The van der Waals surface area contributed by atoms with Gasteiger partial charge in [0, 0.05) is 25.1 Å². The highest BCUT2D eigenvalue weighted by Crippen LogP contribution is 2.01. The van der Waals surface area contributed by atoms with E-state index in [2.05, 4.69) is 10.3 Å². The zero-order valence-corrected chi connectivity index (χ0v) is 10.2. The molecule has 0 saturated carbocycles. The molecule has 0 aromatic carbocycles. The minimum atomic E-state index is -0.596. The first-order valence-corrected chi connectivity index (χ1v) is 6.48. The Labute approximate surface area is 104 Å². The maximum absolute atomic E-state index is 12.5. The second-order valence-electron chi connectivity index (χ2n) is 3.32. The number of rotatable bonds is 7. The molecule has 0 bridgehead atoms. The predicted octanol–water partition coefficient (Wildman–Crippen LogP) is 1.07. The zero-order chi connectivity index (χ0) is 12.5. The van der Waals surface area contributed by atoms with Gasteiger partial charge < -0.3 is 10.4 Å². The van der Waals surface area contributed by atoms with Crippen LogP contribution in [0.4, 0.5) is 4.39 Å². The Bertz CT molecular complexity index is 346. The van der Waals surface area contributed by atoms with E-state index >= 15 is 0 Å². The highest BCUT2D eigenvalue weighted by Gasteiger charge is 2.04. The van der Waals surface area contributed by atoms with E-state index in [4.69, 9.17) is 5.11 Å². The van der Waals surface area contributed by atoms with Crippen molar-refractivity contribution < 1.29 is 14.3 Å². The molecule has 94 valence electrons. The smallest absolute Gasteiger partial charge is 0.252 e. The van der Waals surface area contributed by atoms with E-state index in [9.17, 15) is 9.18 Å². The topological polar surface area (TPSA) is 62.2 Å². The number of hydrogen-bond acceptors (Lipinski definition) is 4. The van der Waals surface area contributed by atoms with E-state index in [1.54, 1.807) is 11.8 Å². The predicted molar refractivity (Wildman–Crippen MR) is 65.6 cm³/mol. The summed E-state index contributed by atoms with van der Waals surface area (Å²) in [6.45, 7) is 0.743. The van der Waals surface area contributed by atoms with E-state index in [-0.39, 0.29) is 12.5 Å². The molecule has 2 N–H and O–H groups in total. The Morgan fingerprint density at radius 3 is 2.94 bits per heavy atom. The third kappa shape index (κ3) is 5.65. The molecule has 0 aliphatic rings. The summed E-state index contributed by atoms with van der Waals surface area (Å²) in [7, 11) is 0. The largest absolute Gasteiger partial charge is 0.396 e. The lowest BCUT2D eigenvalue weighted by molar-refractivity contribution is 0.0955. The second-order valence-corrected chi connectivity index (χ2v) is 4.54. The molecule has 1 amide bonds. The van der Waals surface area contributed by atoms with Crippen molar-refractivity contribution in [1.82, 2.24) is 10.3 Å². The summed E-state index contributed by atoms with van der Waals surface area (Å²) < 4.78 is 12.5. The van der Waals surface area contributed by atoms with Crippen LogP contribution in [0.2, 0.25) is 0 Å². The van der Waals surface area contributed by atoms with E-state index in [0.717, 1.165) is 24.0 Å². The SMILES string of the molecule is O=C(NCCSCCCO)c1ccc(F)nc1. The molecule has 4 nitrogen and oxygen atoms in total. The van der Waals surface area contributed by atoms with Crippen LogP contribution in [0.1, 0.15) is 16.8 Å². The van der Waals surface area contributed by atoms with Gasteiger partial charge in [0.25, 0.3) is 5.91 Å². The quantitative estimate of drug-likeness (QED) is 0.567. The van der Waals surface area contributed by atoms with Crippen LogP contribution in [0.25, 0.3) is 0 Å². The fourth-order valence-corrected chi connectivity index (χ4v) is 1.90.